The van der Waals surface area contributed by atoms with E-state index < -0.39 is 17.1 Å². The minimum Gasteiger partial charge on any atom is -0.496 e. The molecular formula is C14H13N3O6S. The van der Waals surface area contributed by atoms with Crippen LogP contribution in [0, 0.1) is 0 Å². The van der Waals surface area contributed by atoms with Crippen LogP contribution in [0.3, 0.4) is 0 Å². The van der Waals surface area contributed by atoms with E-state index in [-0.39, 0.29) is 18.4 Å². The zero-order valence-corrected chi connectivity index (χ0v) is 13.3. The number of carbonyl (C=O) groups excluding carboxylic acids is 1. The second kappa shape index (κ2) is 6.79. The highest BCUT2D eigenvalue weighted by Gasteiger charge is 2.32. The number of rotatable bonds is 5. The van der Waals surface area contributed by atoms with Crippen molar-refractivity contribution >= 4 is 35.0 Å². The Bertz CT molecular complexity index is 748. The Morgan fingerprint density at radius 2 is 2.25 bits per heavy atom. The van der Waals surface area contributed by atoms with Gasteiger partial charge in [-0.3, -0.25) is 9.59 Å². The van der Waals surface area contributed by atoms with Gasteiger partial charge in [0.15, 0.2) is 16.7 Å². The Balaban J connectivity index is 1.73. The number of aliphatic carboxylic acids is 1. The number of carbonyl (C=O) groups is 2. The van der Waals surface area contributed by atoms with Crippen molar-refractivity contribution in [2.45, 2.75) is 11.7 Å². The molecule has 0 aliphatic carbocycles. The zero-order chi connectivity index (χ0) is 17.1. The molecule has 2 aliphatic rings. The molecule has 0 saturated carbocycles. The van der Waals surface area contributed by atoms with Crippen LogP contribution in [0.5, 0.6) is 17.2 Å². The van der Waals surface area contributed by atoms with Gasteiger partial charge in [-0.15, -0.1) is 5.10 Å². The SMILES string of the molecule is COc1cc2c(cc1C=NN=C1NC(=O)C(CC(=O)O)S1)OCO2. The smallest absolute Gasteiger partial charge is 0.305 e. The summed E-state index contributed by atoms with van der Waals surface area (Å²) >= 11 is 1.03. The molecule has 126 valence electrons. The van der Waals surface area contributed by atoms with Gasteiger partial charge in [-0.05, 0) is 6.07 Å². The Kier molecular flexibility index (Phi) is 4.56. The standard InChI is InChI=1S/C14H13N3O6S/c1-21-8-3-10-9(22-6-23-10)2-7(8)5-15-17-14-16-13(20)11(24-14)4-12(18)19/h2-3,5,11H,4,6H2,1H3,(H,18,19)(H,16,17,20). The van der Waals surface area contributed by atoms with Crippen molar-refractivity contribution in [1.29, 1.82) is 0 Å². The molecule has 2 aliphatic heterocycles. The number of methoxy groups -OCH3 is 1. The number of amides is 1. The van der Waals surface area contributed by atoms with Gasteiger partial charge in [0, 0.05) is 11.6 Å². The summed E-state index contributed by atoms with van der Waals surface area (Å²) in [5.41, 5.74) is 0.627. The van der Waals surface area contributed by atoms with Gasteiger partial charge in [-0.2, -0.15) is 5.10 Å². The summed E-state index contributed by atoms with van der Waals surface area (Å²) in [4.78, 5) is 22.3. The molecule has 1 fully saturated rings. The second-order valence-corrected chi connectivity index (χ2v) is 5.98. The topological polar surface area (TPSA) is 119 Å². The fourth-order valence-corrected chi connectivity index (χ4v) is 3.02. The van der Waals surface area contributed by atoms with Crippen molar-refractivity contribution in [3.05, 3.63) is 17.7 Å². The Morgan fingerprint density at radius 1 is 1.50 bits per heavy atom. The van der Waals surface area contributed by atoms with Gasteiger partial charge in [-0.1, -0.05) is 11.8 Å². The molecule has 1 amide bonds. The first-order chi connectivity index (χ1) is 11.6. The molecule has 0 aromatic heterocycles. The van der Waals surface area contributed by atoms with Crippen LogP contribution in [0.25, 0.3) is 0 Å². The lowest BCUT2D eigenvalue weighted by molar-refractivity contribution is -0.138. The quantitative estimate of drug-likeness (QED) is 0.595. The van der Waals surface area contributed by atoms with Crippen molar-refractivity contribution in [3.8, 4) is 17.2 Å². The highest BCUT2D eigenvalue weighted by molar-refractivity contribution is 8.15. The van der Waals surface area contributed by atoms with E-state index >= 15 is 0 Å². The summed E-state index contributed by atoms with van der Waals surface area (Å²) in [6, 6.07) is 3.39. The average molecular weight is 351 g/mol. The molecule has 0 radical (unpaired) electrons. The van der Waals surface area contributed by atoms with Crippen LogP contribution in [0.15, 0.2) is 22.3 Å². The lowest BCUT2D eigenvalue weighted by atomic mass is 10.2. The van der Waals surface area contributed by atoms with Crippen molar-refractivity contribution < 1.29 is 28.9 Å². The van der Waals surface area contributed by atoms with Gasteiger partial charge < -0.3 is 24.6 Å². The molecule has 9 nitrogen and oxygen atoms in total. The monoisotopic (exact) mass is 351 g/mol. The van der Waals surface area contributed by atoms with E-state index in [9.17, 15) is 9.59 Å². The number of ether oxygens (including phenoxy) is 3. The normalized spacial score (nSPS) is 20.6. The summed E-state index contributed by atoms with van der Waals surface area (Å²) < 4.78 is 15.8. The number of amidine groups is 1. The Hall–Kier alpha value is -2.75. The number of nitrogens with one attached hydrogen (secondary N) is 1. The molecule has 0 spiro atoms. The number of hydrogen-bond donors (Lipinski definition) is 2. The first-order valence-corrected chi connectivity index (χ1v) is 7.72. The zero-order valence-electron chi connectivity index (χ0n) is 12.5. The number of carboxylic acids is 1. The van der Waals surface area contributed by atoms with Gasteiger partial charge in [-0.25, -0.2) is 0 Å². The van der Waals surface area contributed by atoms with Crippen LogP contribution in [0.1, 0.15) is 12.0 Å². The lowest BCUT2D eigenvalue weighted by Crippen LogP contribution is -2.26. The molecule has 1 unspecified atom stereocenters. The Labute approximate surface area is 140 Å². The second-order valence-electron chi connectivity index (χ2n) is 4.79. The fraction of sp³-hybridized carbons (Fsp3) is 0.286. The predicted molar refractivity (Wildman–Crippen MR) is 85.9 cm³/mol. The number of thioether (sulfide) groups is 1. The molecule has 0 bridgehead atoms. The molecule has 1 atom stereocenters. The summed E-state index contributed by atoms with van der Waals surface area (Å²) in [6.07, 6.45) is 1.18. The summed E-state index contributed by atoms with van der Waals surface area (Å²) in [7, 11) is 1.52. The third kappa shape index (κ3) is 3.43. The molecule has 3 rings (SSSR count). The maximum atomic E-state index is 11.6. The van der Waals surface area contributed by atoms with Crippen LogP contribution in [0.2, 0.25) is 0 Å². The van der Waals surface area contributed by atoms with Crippen LogP contribution in [-0.4, -0.2) is 47.5 Å². The minimum absolute atomic E-state index is 0.148. The average Bonchev–Trinajstić information content (AvgIpc) is 3.12. The van der Waals surface area contributed by atoms with E-state index in [1.54, 1.807) is 12.1 Å². The summed E-state index contributed by atoms with van der Waals surface area (Å²) in [5.74, 6) is 0.268. The van der Waals surface area contributed by atoms with Gasteiger partial charge in [0.25, 0.3) is 0 Å². The summed E-state index contributed by atoms with van der Waals surface area (Å²) in [5, 5.41) is 18.6. The number of carboxylic acid groups (broad SMARTS) is 1. The third-order valence-corrected chi connectivity index (χ3v) is 4.28. The highest BCUT2D eigenvalue weighted by atomic mass is 32.2. The molecule has 1 aromatic carbocycles. The van der Waals surface area contributed by atoms with Gasteiger partial charge in [0.05, 0.1) is 19.7 Å². The molecule has 24 heavy (non-hydrogen) atoms. The van der Waals surface area contributed by atoms with Crippen molar-refractivity contribution in [3.63, 3.8) is 0 Å². The largest absolute Gasteiger partial charge is 0.496 e. The molecule has 10 heteroatoms. The molecule has 1 aromatic rings. The number of benzene rings is 1. The van der Waals surface area contributed by atoms with Crippen LogP contribution >= 0.6 is 11.8 Å². The minimum atomic E-state index is -1.04. The fourth-order valence-electron chi connectivity index (χ4n) is 2.11. The van der Waals surface area contributed by atoms with Crippen LogP contribution < -0.4 is 19.5 Å². The van der Waals surface area contributed by atoms with Crippen molar-refractivity contribution in [1.82, 2.24) is 5.32 Å². The lowest BCUT2D eigenvalue weighted by Gasteiger charge is -2.05. The van der Waals surface area contributed by atoms with Crippen LogP contribution in [-0.2, 0) is 9.59 Å². The molecule has 1 saturated heterocycles. The predicted octanol–water partition coefficient (Wildman–Crippen LogP) is 0.820. The van der Waals surface area contributed by atoms with Crippen molar-refractivity contribution in [2.75, 3.05) is 13.9 Å². The summed E-state index contributed by atoms with van der Waals surface area (Å²) in [6.45, 7) is 0.148. The van der Waals surface area contributed by atoms with E-state index in [4.69, 9.17) is 19.3 Å². The molecule has 2 N–H and O–H groups in total. The highest BCUT2D eigenvalue weighted by Crippen LogP contribution is 2.37. The van der Waals surface area contributed by atoms with Gasteiger partial charge in [0.2, 0.25) is 12.7 Å². The number of fused-ring (bicyclic) bond motifs is 1. The molecule has 2 heterocycles. The van der Waals surface area contributed by atoms with E-state index in [2.05, 4.69) is 15.5 Å². The maximum Gasteiger partial charge on any atom is 0.305 e. The first kappa shape index (κ1) is 16.1. The molecular weight excluding hydrogens is 338 g/mol. The first-order valence-electron chi connectivity index (χ1n) is 6.85. The van der Waals surface area contributed by atoms with Crippen molar-refractivity contribution in [2.24, 2.45) is 10.2 Å². The third-order valence-electron chi connectivity index (χ3n) is 3.21. The van der Waals surface area contributed by atoms with Crippen LogP contribution in [0.4, 0.5) is 0 Å². The van der Waals surface area contributed by atoms with E-state index in [1.165, 1.54) is 13.3 Å². The number of hydrogen-bond acceptors (Lipinski definition) is 8. The van der Waals surface area contributed by atoms with Gasteiger partial charge >= 0.3 is 5.97 Å². The van der Waals surface area contributed by atoms with E-state index in [0.29, 0.717) is 22.8 Å². The van der Waals surface area contributed by atoms with Gasteiger partial charge in [0.1, 0.15) is 11.0 Å². The van der Waals surface area contributed by atoms with E-state index in [0.717, 1.165) is 11.8 Å². The number of nitrogens with zero attached hydrogens (tertiary/aromatic N) is 2. The Morgan fingerprint density at radius 3 is 2.96 bits per heavy atom. The van der Waals surface area contributed by atoms with E-state index in [1.807, 2.05) is 0 Å². The maximum absolute atomic E-state index is 11.6.